The first-order valence-corrected chi connectivity index (χ1v) is 15.3. The van der Waals surface area contributed by atoms with Gasteiger partial charge in [0.1, 0.15) is 5.41 Å². The maximum Gasteiger partial charge on any atom is 0.318 e. The highest BCUT2D eigenvalue weighted by atomic mass is 79.9. The minimum Gasteiger partial charge on any atom is -0.481 e. The third-order valence-corrected chi connectivity index (χ3v) is 9.06. The minimum atomic E-state index is -1.88. The Labute approximate surface area is 269 Å². The van der Waals surface area contributed by atoms with Gasteiger partial charge in [-0.05, 0) is 44.5 Å². The van der Waals surface area contributed by atoms with E-state index in [2.05, 4.69) is 112 Å². The Hall–Kier alpha value is -1.16. The molecule has 0 aliphatic heterocycles. The number of nitrogens with zero attached hydrogens (tertiary/aromatic N) is 4. The van der Waals surface area contributed by atoms with Gasteiger partial charge >= 0.3 is 11.9 Å². The molecular weight excluding hydrogens is 888 g/mol. The van der Waals surface area contributed by atoms with Crippen LogP contribution in [0.25, 0.3) is 0 Å². The maximum atomic E-state index is 13.4. The van der Waals surface area contributed by atoms with Crippen molar-refractivity contribution in [2.45, 2.75) is 49.6 Å². The Balaban J connectivity index is 2.92. The van der Waals surface area contributed by atoms with Gasteiger partial charge in [-0.25, -0.2) is 0 Å². The molecule has 200 valence electrons. The van der Waals surface area contributed by atoms with Crippen LogP contribution in [0.15, 0.2) is 61.3 Å². The second kappa shape index (κ2) is 13.0. The third-order valence-electron chi connectivity index (χ3n) is 5.64. The summed E-state index contributed by atoms with van der Waals surface area (Å²) in [7, 11) is 0. The lowest BCUT2D eigenvalue weighted by atomic mass is 9.67. The number of halogens is 6. The summed E-state index contributed by atoms with van der Waals surface area (Å²) >= 11 is 20.9. The molecule has 0 spiro atoms. The van der Waals surface area contributed by atoms with Gasteiger partial charge in [-0.15, -0.1) is 0 Å². The Morgan fingerprint density at radius 2 is 1.16 bits per heavy atom. The zero-order chi connectivity index (χ0) is 29.1. The molecule has 0 aliphatic carbocycles. The van der Waals surface area contributed by atoms with Crippen molar-refractivity contribution in [2.24, 2.45) is 10.2 Å². The van der Waals surface area contributed by atoms with Gasteiger partial charge in [0.05, 0.1) is 12.1 Å². The van der Waals surface area contributed by atoms with Crippen molar-refractivity contribution in [2.75, 3.05) is 0 Å². The lowest BCUT2D eigenvalue weighted by Gasteiger charge is -2.37. The first-order chi connectivity index (χ1) is 17.5. The topological polar surface area (TPSA) is 147 Å². The van der Waals surface area contributed by atoms with Gasteiger partial charge in [-0.1, -0.05) is 95.6 Å². The van der Waals surface area contributed by atoms with Gasteiger partial charge in [0.2, 0.25) is 0 Å². The molecule has 2 unspecified atom stereocenters. The van der Waals surface area contributed by atoms with E-state index < -0.39 is 34.9 Å². The van der Waals surface area contributed by atoms with Crippen molar-refractivity contribution in [3.8, 4) is 12.1 Å². The number of hydrogen-bond acceptors (Lipinski definition) is 6. The fraction of sp³-hybridized carbons (Fsp3) is 0.333. The summed E-state index contributed by atoms with van der Waals surface area (Å²) in [5, 5.41) is 48.1. The lowest BCUT2D eigenvalue weighted by Crippen LogP contribution is -2.44. The van der Waals surface area contributed by atoms with Crippen LogP contribution < -0.4 is 0 Å². The highest BCUT2D eigenvalue weighted by Crippen LogP contribution is 2.52. The van der Waals surface area contributed by atoms with Crippen LogP contribution in [-0.2, 0) is 15.0 Å². The van der Waals surface area contributed by atoms with Crippen molar-refractivity contribution in [1.29, 1.82) is 10.5 Å². The van der Waals surface area contributed by atoms with E-state index in [1.54, 1.807) is 24.3 Å². The molecule has 2 N–H and O–H groups in total. The maximum absolute atomic E-state index is 13.4. The van der Waals surface area contributed by atoms with Gasteiger partial charge in [-0.2, -0.15) is 20.8 Å². The first kappa shape index (κ1) is 33.0. The normalized spacial score (nSPS) is 14.8. The minimum absolute atomic E-state index is 0.137. The van der Waals surface area contributed by atoms with E-state index in [-0.39, 0.29) is 12.8 Å². The molecule has 8 nitrogen and oxygen atoms in total. The zero-order valence-electron chi connectivity index (χ0n) is 19.7. The van der Waals surface area contributed by atoms with E-state index >= 15 is 0 Å². The van der Waals surface area contributed by atoms with E-state index in [0.717, 1.165) is 0 Å². The second-order valence-corrected chi connectivity index (χ2v) is 14.0. The summed E-state index contributed by atoms with van der Waals surface area (Å²) in [6, 6.07) is 10.8. The molecule has 0 bridgehead atoms. The lowest BCUT2D eigenvalue weighted by molar-refractivity contribution is -0.143. The van der Waals surface area contributed by atoms with E-state index in [0.29, 0.717) is 38.0 Å². The van der Waals surface area contributed by atoms with Crippen LogP contribution in [-0.4, -0.2) is 33.2 Å². The SMILES string of the molecule is CC(C#N)(CCC(=O)O)N=NC(C)(C#N)CC(C(=O)O)(c1c(Br)cc(Br)cc1Br)c1c(Br)cc(Br)cc1Br. The van der Waals surface area contributed by atoms with Crippen molar-refractivity contribution < 1.29 is 19.8 Å². The van der Waals surface area contributed by atoms with Gasteiger partial charge in [0.15, 0.2) is 11.1 Å². The predicted molar refractivity (Wildman–Crippen MR) is 162 cm³/mol. The highest BCUT2D eigenvalue weighted by Gasteiger charge is 2.52. The number of benzene rings is 2. The summed E-state index contributed by atoms with van der Waals surface area (Å²) < 4.78 is 3.15. The molecule has 0 fully saturated rings. The van der Waals surface area contributed by atoms with Crippen molar-refractivity contribution in [1.82, 2.24) is 0 Å². The van der Waals surface area contributed by atoms with Gasteiger partial charge in [0, 0.05) is 50.8 Å². The van der Waals surface area contributed by atoms with Crippen LogP contribution in [0.5, 0.6) is 0 Å². The predicted octanol–water partition coefficient (Wildman–Crippen LogP) is 8.90. The molecule has 2 aromatic carbocycles. The Morgan fingerprint density at radius 1 is 0.789 bits per heavy atom. The number of azo groups is 1. The molecule has 14 heteroatoms. The van der Waals surface area contributed by atoms with Crippen LogP contribution in [0.2, 0.25) is 0 Å². The Bertz CT molecular complexity index is 1300. The molecule has 0 saturated heterocycles. The Morgan fingerprint density at radius 3 is 1.47 bits per heavy atom. The summed E-state index contributed by atoms with van der Waals surface area (Å²) in [4.78, 5) is 24.5. The van der Waals surface area contributed by atoms with Crippen LogP contribution in [0.1, 0.15) is 44.2 Å². The summed E-state index contributed by atoms with van der Waals surface area (Å²) in [5.74, 6) is -2.37. The molecule has 0 heterocycles. The standard InChI is InChI=1S/C24H18Br6N4O4/c1-22(10-31,4-3-18(35)36)33-34-23(2,11-32)9-24(21(37)38,19-14(27)5-12(25)6-15(19)28)20-16(29)7-13(26)8-17(20)30/h5-8H,3-4,9H2,1-2H3,(H,35,36)(H,37,38). The van der Waals surface area contributed by atoms with Gasteiger partial charge < -0.3 is 10.2 Å². The van der Waals surface area contributed by atoms with Crippen molar-refractivity contribution >= 4 is 108 Å². The summed E-state index contributed by atoms with van der Waals surface area (Å²) in [6.07, 6.45) is -0.863. The van der Waals surface area contributed by atoms with E-state index in [1.807, 2.05) is 6.07 Å². The monoisotopic (exact) mass is 900 g/mol. The molecule has 0 saturated carbocycles. The smallest absolute Gasteiger partial charge is 0.318 e. The number of carbonyl (C=O) groups is 2. The second-order valence-electron chi connectivity index (χ2n) is 8.74. The number of hydrogen-bond donors (Lipinski definition) is 2. The molecule has 2 rings (SSSR count). The molecule has 0 aliphatic rings. The molecule has 2 aromatic rings. The van der Waals surface area contributed by atoms with E-state index in [1.165, 1.54) is 13.8 Å². The van der Waals surface area contributed by atoms with Crippen LogP contribution in [0.4, 0.5) is 0 Å². The van der Waals surface area contributed by atoms with Crippen molar-refractivity contribution in [3.05, 3.63) is 62.2 Å². The first-order valence-electron chi connectivity index (χ1n) is 10.6. The molecule has 0 aromatic heterocycles. The van der Waals surface area contributed by atoms with Crippen LogP contribution >= 0.6 is 95.6 Å². The fourth-order valence-electron chi connectivity index (χ4n) is 3.80. The largest absolute Gasteiger partial charge is 0.481 e. The number of rotatable bonds is 10. The van der Waals surface area contributed by atoms with Gasteiger partial charge in [0.25, 0.3) is 0 Å². The number of nitriles is 2. The van der Waals surface area contributed by atoms with Crippen molar-refractivity contribution in [3.63, 3.8) is 0 Å². The quantitative estimate of drug-likeness (QED) is 0.228. The van der Waals surface area contributed by atoms with Crippen LogP contribution in [0.3, 0.4) is 0 Å². The average molecular weight is 906 g/mol. The third kappa shape index (κ3) is 7.32. The highest BCUT2D eigenvalue weighted by molar-refractivity contribution is 9.12. The molecule has 2 atom stereocenters. The average Bonchev–Trinajstić information content (AvgIpc) is 2.79. The number of aliphatic carboxylic acids is 2. The summed E-state index contributed by atoms with van der Waals surface area (Å²) in [6.45, 7) is 2.83. The molecule has 38 heavy (non-hydrogen) atoms. The molecular formula is C24H18Br6N4O4. The fourth-order valence-corrected chi connectivity index (χ4v) is 9.68. The number of carboxylic acid groups (broad SMARTS) is 2. The Kier molecular flexibility index (Phi) is 11.3. The van der Waals surface area contributed by atoms with Gasteiger partial charge in [-0.3, -0.25) is 9.59 Å². The molecule has 0 radical (unpaired) electrons. The summed E-state index contributed by atoms with van der Waals surface area (Å²) in [5.41, 5.74) is -4.52. The van der Waals surface area contributed by atoms with E-state index in [4.69, 9.17) is 5.11 Å². The molecule has 0 amide bonds. The number of carboxylic acids is 2. The van der Waals surface area contributed by atoms with E-state index in [9.17, 15) is 25.2 Å². The zero-order valence-corrected chi connectivity index (χ0v) is 29.2. The van der Waals surface area contributed by atoms with Crippen LogP contribution in [0, 0.1) is 22.7 Å².